The first-order valence-corrected chi connectivity index (χ1v) is 12.9. The molecule has 3 aromatic rings. The molecule has 0 radical (unpaired) electrons. The second-order valence-corrected chi connectivity index (χ2v) is 10.3. The summed E-state index contributed by atoms with van der Waals surface area (Å²) in [6.45, 7) is 2.27. The van der Waals surface area contributed by atoms with Crippen LogP contribution in [0.1, 0.15) is 36.4 Å². The molecule has 2 aliphatic rings. The Morgan fingerprint density at radius 3 is 2.63 bits per heavy atom. The van der Waals surface area contributed by atoms with Gasteiger partial charge in [0.05, 0.1) is 28.2 Å². The number of sulfonamides is 1. The number of allylic oxidation sites excluding steroid dienone is 2. The number of hydrogen-bond acceptors (Lipinski definition) is 6. The molecule has 3 atom stereocenters. The van der Waals surface area contributed by atoms with Gasteiger partial charge in [-0.25, -0.2) is 8.42 Å². The highest BCUT2D eigenvalue weighted by Crippen LogP contribution is 2.50. The normalized spacial score (nSPS) is 20.4. The summed E-state index contributed by atoms with van der Waals surface area (Å²) in [5.41, 5.74) is 3.19. The minimum atomic E-state index is -3.84. The second-order valence-electron chi connectivity index (χ2n) is 8.61. The lowest BCUT2D eigenvalue weighted by atomic mass is 9.77. The molecular weight excluding hydrogens is 466 g/mol. The lowest BCUT2D eigenvalue weighted by Crippen LogP contribution is -2.29. The van der Waals surface area contributed by atoms with Crippen LogP contribution in [0.4, 0.5) is 17.1 Å². The maximum Gasteiger partial charge on any atom is 0.269 e. The zero-order valence-corrected chi connectivity index (χ0v) is 19.9. The lowest BCUT2D eigenvalue weighted by Gasteiger charge is -2.37. The summed E-state index contributed by atoms with van der Waals surface area (Å²) in [6, 6.07) is 18.6. The standard InChI is InChI=1S/C26H25N3O5S/c1-2-34-25-9-4-3-8-24(25)28-35(32,33)19-14-15-23-22(16-19)20-6-5-7-21(20)26(27-23)17-10-12-18(13-11-17)29(30)31/h3-6,8-16,20-21,26-28H,2,7H2,1H3/t20-,21+,26+/m0/s1. The Kier molecular flexibility index (Phi) is 5.94. The number of benzene rings is 3. The van der Waals surface area contributed by atoms with E-state index >= 15 is 0 Å². The van der Waals surface area contributed by atoms with Crippen LogP contribution in [-0.4, -0.2) is 19.9 Å². The van der Waals surface area contributed by atoms with E-state index in [-0.39, 0.29) is 28.5 Å². The van der Waals surface area contributed by atoms with Gasteiger partial charge in [-0.15, -0.1) is 0 Å². The molecule has 5 rings (SSSR count). The van der Waals surface area contributed by atoms with Gasteiger partial charge in [0.15, 0.2) is 0 Å². The number of nitrogens with one attached hydrogen (secondary N) is 2. The molecule has 0 saturated carbocycles. The molecular formula is C26H25N3O5S. The number of ether oxygens (including phenoxy) is 1. The number of anilines is 2. The fourth-order valence-corrected chi connectivity index (χ4v) is 6.01. The van der Waals surface area contributed by atoms with E-state index in [4.69, 9.17) is 4.74 Å². The van der Waals surface area contributed by atoms with Crippen LogP contribution in [0.15, 0.2) is 83.8 Å². The Morgan fingerprint density at radius 2 is 1.89 bits per heavy atom. The van der Waals surface area contributed by atoms with Gasteiger partial charge in [-0.05, 0) is 60.7 Å². The Bertz CT molecular complexity index is 1400. The maximum atomic E-state index is 13.2. The molecule has 0 unspecified atom stereocenters. The molecule has 2 N–H and O–H groups in total. The molecule has 1 heterocycles. The average Bonchev–Trinajstić information content (AvgIpc) is 3.35. The molecule has 1 aliphatic carbocycles. The summed E-state index contributed by atoms with van der Waals surface area (Å²) >= 11 is 0. The van der Waals surface area contributed by atoms with Gasteiger partial charge in [-0.2, -0.15) is 0 Å². The molecule has 0 bridgehead atoms. The molecule has 3 aromatic carbocycles. The van der Waals surface area contributed by atoms with Crippen molar-refractivity contribution in [3.05, 3.63) is 100 Å². The van der Waals surface area contributed by atoms with Crippen LogP contribution in [0.3, 0.4) is 0 Å². The second kappa shape index (κ2) is 9.07. The molecule has 180 valence electrons. The van der Waals surface area contributed by atoms with E-state index in [0.29, 0.717) is 18.0 Å². The number of rotatable bonds is 7. The van der Waals surface area contributed by atoms with Gasteiger partial charge < -0.3 is 10.1 Å². The number of hydrogen-bond donors (Lipinski definition) is 2. The van der Waals surface area contributed by atoms with Crippen molar-refractivity contribution in [1.82, 2.24) is 0 Å². The SMILES string of the molecule is CCOc1ccccc1NS(=O)(=O)c1ccc2c(c1)[C@H]1C=CC[C@H]1[C@@H](c1ccc([N+](=O)[O-])cc1)N2. The van der Waals surface area contributed by atoms with E-state index in [0.717, 1.165) is 23.2 Å². The molecule has 0 spiro atoms. The van der Waals surface area contributed by atoms with Gasteiger partial charge in [0.1, 0.15) is 5.75 Å². The summed E-state index contributed by atoms with van der Waals surface area (Å²) in [6.07, 6.45) is 5.06. The predicted octanol–water partition coefficient (Wildman–Crippen LogP) is 5.62. The minimum absolute atomic E-state index is 0.0392. The van der Waals surface area contributed by atoms with Crippen molar-refractivity contribution >= 4 is 27.1 Å². The Hall–Kier alpha value is -3.85. The van der Waals surface area contributed by atoms with E-state index < -0.39 is 14.9 Å². The number of non-ortho nitro benzene ring substituents is 1. The van der Waals surface area contributed by atoms with E-state index in [9.17, 15) is 18.5 Å². The van der Waals surface area contributed by atoms with Crippen molar-refractivity contribution in [2.24, 2.45) is 5.92 Å². The smallest absolute Gasteiger partial charge is 0.269 e. The van der Waals surface area contributed by atoms with Crippen LogP contribution in [0.2, 0.25) is 0 Å². The van der Waals surface area contributed by atoms with Gasteiger partial charge in [0, 0.05) is 23.7 Å². The number of fused-ring (bicyclic) bond motifs is 3. The van der Waals surface area contributed by atoms with Gasteiger partial charge >= 0.3 is 0 Å². The molecule has 0 saturated heterocycles. The first kappa shape index (κ1) is 22.9. The number of nitro groups is 1. The van der Waals surface area contributed by atoms with E-state index in [1.54, 1.807) is 54.6 Å². The molecule has 9 heteroatoms. The topological polar surface area (TPSA) is 111 Å². The molecule has 35 heavy (non-hydrogen) atoms. The summed E-state index contributed by atoms with van der Waals surface area (Å²) in [4.78, 5) is 10.8. The monoisotopic (exact) mass is 491 g/mol. The molecule has 0 aromatic heterocycles. The van der Waals surface area contributed by atoms with E-state index in [1.165, 1.54) is 12.1 Å². The highest BCUT2D eigenvalue weighted by Gasteiger charge is 2.38. The third-order valence-corrected chi connectivity index (χ3v) is 7.90. The van der Waals surface area contributed by atoms with Gasteiger partial charge in [0.2, 0.25) is 0 Å². The van der Waals surface area contributed by atoms with Crippen LogP contribution < -0.4 is 14.8 Å². The third-order valence-electron chi connectivity index (χ3n) is 6.54. The summed E-state index contributed by atoms with van der Waals surface area (Å²) < 4.78 is 34.7. The van der Waals surface area contributed by atoms with Crippen LogP contribution >= 0.6 is 0 Å². The number of para-hydroxylation sites is 2. The largest absolute Gasteiger partial charge is 0.492 e. The Labute approximate surface area is 203 Å². The average molecular weight is 492 g/mol. The summed E-state index contributed by atoms with van der Waals surface area (Å²) in [5, 5.41) is 14.6. The summed E-state index contributed by atoms with van der Waals surface area (Å²) in [5.74, 6) is 0.689. The fraction of sp³-hybridized carbons (Fsp3) is 0.231. The van der Waals surface area contributed by atoms with Gasteiger partial charge in [-0.1, -0.05) is 36.4 Å². The van der Waals surface area contributed by atoms with Crippen molar-refractivity contribution in [3.63, 3.8) is 0 Å². The highest BCUT2D eigenvalue weighted by atomic mass is 32.2. The van der Waals surface area contributed by atoms with Crippen LogP contribution in [0.25, 0.3) is 0 Å². The highest BCUT2D eigenvalue weighted by molar-refractivity contribution is 7.92. The van der Waals surface area contributed by atoms with Crippen molar-refractivity contribution in [2.45, 2.75) is 30.2 Å². The van der Waals surface area contributed by atoms with Crippen molar-refractivity contribution in [1.29, 1.82) is 0 Å². The summed E-state index contributed by atoms with van der Waals surface area (Å²) in [7, 11) is -3.84. The van der Waals surface area contributed by atoms with E-state index in [2.05, 4.69) is 22.2 Å². The first-order chi connectivity index (χ1) is 16.9. The predicted molar refractivity (Wildman–Crippen MR) is 134 cm³/mol. The third kappa shape index (κ3) is 4.35. The molecule has 8 nitrogen and oxygen atoms in total. The molecule has 0 fully saturated rings. The molecule has 1 aliphatic heterocycles. The lowest BCUT2D eigenvalue weighted by molar-refractivity contribution is -0.384. The first-order valence-electron chi connectivity index (χ1n) is 11.4. The van der Waals surface area contributed by atoms with E-state index in [1.807, 2.05) is 6.92 Å². The van der Waals surface area contributed by atoms with Crippen LogP contribution in [0, 0.1) is 16.0 Å². The van der Waals surface area contributed by atoms with Crippen LogP contribution in [0.5, 0.6) is 5.75 Å². The van der Waals surface area contributed by atoms with Crippen molar-refractivity contribution in [3.8, 4) is 5.75 Å². The Morgan fingerprint density at radius 1 is 1.11 bits per heavy atom. The van der Waals surface area contributed by atoms with Crippen molar-refractivity contribution in [2.75, 3.05) is 16.6 Å². The zero-order chi connectivity index (χ0) is 24.6. The quantitative estimate of drug-likeness (QED) is 0.252. The minimum Gasteiger partial charge on any atom is -0.492 e. The maximum absolute atomic E-state index is 13.2. The fourth-order valence-electron chi connectivity index (χ4n) is 4.91. The van der Waals surface area contributed by atoms with Crippen LogP contribution in [-0.2, 0) is 10.0 Å². The molecule has 0 amide bonds. The number of nitro benzene ring substituents is 1. The number of nitrogens with zero attached hydrogens (tertiary/aromatic N) is 1. The van der Waals surface area contributed by atoms with Gasteiger partial charge in [0.25, 0.3) is 15.7 Å². The Balaban J connectivity index is 1.46. The van der Waals surface area contributed by atoms with Gasteiger partial charge in [-0.3, -0.25) is 14.8 Å². The van der Waals surface area contributed by atoms with Crippen molar-refractivity contribution < 1.29 is 18.1 Å². The zero-order valence-electron chi connectivity index (χ0n) is 19.0.